The quantitative estimate of drug-likeness (QED) is 0.502. The lowest BCUT2D eigenvalue weighted by Crippen LogP contribution is -2.40. The van der Waals surface area contributed by atoms with Crippen LogP contribution in [-0.2, 0) is 9.53 Å². The Balaban J connectivity index is 2.04. The average molecular weight is 164 g/mol. The van der Waals surface area contributed by atoms with Gasteiger partial charge < -0.3 is 4.74 Å². The molecule has 4 unspecified atom stereocenters. The van der Waals surface area contributed by atoms with Gasteiger partial charge in [0.1, 0.15) is 5.78 Å². The van der Waals surface area contributed by atoms with Crippen LogP contribution in [-0.4, -0.2) is 18.5 Å². The average Bonchev–Trinajstić information content (AvgIpc) is 2.38. The van der Waals surface area contributed by atoms with Crippen molar-refractivity contribution in [1.82, 2.24) is 0 Å². The summed E-state index contributed by atoms with van der Waals surface area (Å²) in [6.45, 7) is 0.819. The van der Waals surface area contributed by atoms with E-state index in [1.165, 1.54) is 0 Å². The van der Waals surface area contributed by atoms with E-state index in [4.69, 9.17) is 4.74 Å². The molecule has 4 atom stereocenters. The van der Waals surface area contributed by atoms with Gasteiger partial charge in [-0.2, -0.15) is 0 Å². The number of rotatable bonds is 0. The van der Waals surface area contributed by atoms with Crippen LogP contribution in [0.4, 0.5) is 0 Å². The van der Waals surface area contributed by atoms with Gasteiger partial charge in [0.25, 0.3) is 0 Å². The largest absolute Gasteiger partial charge is 0.377 e. The lowest BCUT2D eigenvalue weighted by Gasteiger charge is -2.34. The van der Waals surface area contributed by atoms with Gasteiger partial charge in [0.15, 0.2) is 0 Å². The molecule has 2 nitrogen and oxygen atoms in total. The Hall–Kier alpha value is -0.630. The van der Waals surface area contributed by atoms with Crippen LogP contribution in [0.1, 0.15) is 12.8 Å². The highest BCUT2D eigenvalue weighted by atomic mass is 16.5. The Morgan fingerprint density at radius 2 is 2.42 bits per heavy atom. The molecule has 2 aliphatic carbocycles. The first-order valence-corrected chi connectivity index (χ1v) is 4.67. The van der Waals surface area contributed by atoms with Crippen LogP contribution in [0.2, 0.25) is 0 Å². The Bertz CT molecular complexity index is 257. The highest BCUT2D eigenvalue weighted by Gasteiger charge is 2.49. The van der Waals surface area contributed by atoms with Crippen molar-refractivity contribution in [3.8, 4) is 0 Å². The zero-order valence-corrected chi connectivity index (χ0v) is 6.90. The fraction of sp³-hybridized carbons (Fsp3) is 0.700. The number of carbonyl (C=O) groups is 1. The molecule has 2 fully saturated rings. The Labute approximate surface area is 71.6 Å². The molecular weight excluding hydrogens is 152 g/mol. The second-order valence-electron chi connectivity index (χ2n) is 4.08. The molecule has 1 heterocycles. The SMILES string of the molecule is O=C1CC2COC3C1C=CCC23. The summed E-state index contributed by atoms with van der Waals surface area (Å²) in [4.78, 5) is 11.5. The molecule has 3 rings (SSSR count). The molecule has 1 aliphatic heterocycles. The maximum Gasteiger partial charge on any atom is 0.142 e. The molecule has 12 heavy (non-hydrogen) atoms. The molecule has 1 saturated carbocycles. The number of Topliss-reactive ketones (excluding diaryl/α,β-unsaturated/α-hetero) is 1. The van der Waals surface area contributed by atoms with Crippen LogP contribution in [0.25, 0.3) is 0 Å². The fourth-order valence-corrected chi connectivity index (χ4v) is 2.83. The van der Waals surface area contributed by atoms with E-state index in [-0.39, 0.29) is 12.0 Å². The molecule has 0 aromatic heterocycles. The van der Waals surface area contributed by atoms with Crippen molar-refractivity contribution >= 4 is 5.78 Å². The van der Waals surface area contributed by atoms with Crippen molar-refractivity contribution in [3.05, 3.63) is 12.2 Å². The first-order valence-electron chi connectivity index (χ1n) is 4.67. The minimum Gasteiger partial charge on any atom is -0.377 e. The van der Waals surface area contributed by atoms with Gasteiger partial charge in [-0.25, -0.2) is 0 Å². The van der Waals surface area contributed by atoms with Gasteiger partial charge in [-0.1, -0.05) is 12.2 Å². The molecule has 1 saturated heterocycles. The van der Waals surface area contributed by atoms with E-state index < -0.39 is 0 Å². The third kappa shape index (κ3) is 0.712. The monoisotopic (exact) mass is 164 g/mol. The van der Waals surface area contributed by atoms with Crippen molar-refractivity contribution in [1.29, 1.82) is 0 Å². The Kier molecular flexibility index (Phi) is 1.25. The molecule has 2 heteroatoms. The predicted octanol–water partition coefficient (Wildman–Crippen LogP) is 1.17. The number of carbonyl (C=O) groups excluding carboxylic acids is 1. The summed E-state index contributed by atoms with van der Waals surface area (Å²) < 4.78 is 5.64. The zero-order chi connectivity index (χ0) is 8.13. The minimum absolute atomic E-state index is 0.0995. The lowest BCUT2D eigenvalue weighted by molar-refractivity contribution is -0.127. The van der Waals surface area contributed by atoms with Crippen LogP contribution in [0.5, 0.6) is 0 Å². The number of hydrogen-bond donors (Lipinski definition) is 0. The van der Waals surface area contributed by atoms with Crippen molar-refractivity contribution in [2.75, 3.05) is 6.61 Å². The summed E-state index contributed by atoms with van der Waals surface area (Å²) in [5.41, 5.74) is 0. The third-order valence-electron chi connectivity index (χ3n) is 3.47. The van der Waals surface area contributed by atoms with Crippen molar-refractivity contribution in [2.24, 2.45) is 17.8 Å². The molecule has 3 aliphatic rings. The summed E-state index contributed by atoms with van der Waals surface area (Å²) in [5, 5.41) is 0. The number of allylic oxidation sites excluding steroid dienone is 1. The van der Waals surface area contributed by atoms with Gasteiger partial charge >= 0.3 is 0 Å². The summed E-state index contributed by atoms with van der Waals surface area (Å²) in [6, 6.07) is 0. The molecule has 4 bridgehead atoms. The van der Waals surface area contributed by atoms with E-state index in [2.05, 4.69) is 6.08 Å². The molecule has 0 radical (unpaired) electrons. The second-order valence-corrected chi connectivity index (χ2v) is 4.08. The van der Waals surface area contributed by atoms with Crippen LogP contribution in [0.15, 0.2) is 12.2 Å². The van der Waals surface area contributed by atoms with E-state index in [0.29, 0.717) is 17.6 Å². The highest BCUT2D eigenvalue weighted by molar-refractivity contribution is 5.85. The summed E-state index contributed by atoms with van der Waals surface area (Å²) in [7, 11) is 0. The molecule has 0 spiro atoms. The maximum absolute atomic E-state index is 11.5. The van der Waals surface area contributed by atoms with E-state index in [1.54, 1.807) is 0 Å². The van der Waals surface area contributed by atoms with E-state index >= 15 is 0 Å². The Morgan fingerprint density at radius 3 is 3.33 bits per heavy atom. The highest BCUT2D eigenvalue weighted by Crippen LogP contribution is 2.44. The van der Waals surface area contributed by atoms with Gasteiger partial charge in [0, 0.05) is 6.42 Å². The van der Waals surface area contributed by atoms with Crippen LogP contribution >= 0.6 is 0 Å². The number of hydrogen-bond acceptors (Lipinski definition) is 2. The van der Waals surface area contributed by atoms with Crippen molar-refractivity contribution in [3.63, 3.8) is 0 Å². The summed E-state index contributed by atoms with van der Waals surface area (Å²) >= 11 is 0. The van der Waals surface area contributed by atoms with Gasteiger partial charge in [0.05, 0.1) is 18.6 Å². The molecule has 0 aromatic rings. The van der Waals surface area contributed by atoms with Gasteiger partial charge in [-0.05, 0) is 18.3 Å². The predicted molar refractivity (Wildman–Crippen MR) is 43.6 cm³/mol. The van der Waals surface area contributed by atoms with Crippen LogP contribution in [0.3, 0.4) is 0 Å². The number of ether oxygens (including phenoxy) is 1. The fourth-order valence-electron chi connectivity index (χ4n) is 2.83. The van der Waals surface area contributed by atoms with Gasteiger partial charge in [-0.3, -0.25) is 4.79 Å². The maximum atomic E-state index is 11.5. The van der Waals surface area contributed by atoms with E-state index in [1.807, 2.05) is 6.08 Å². The van der Waals surface area contributed by atoms with Crippen molar-refractivity contribution in [2.45, 2.75) is 18.9 Å². The summed E-state index contributed by atoms with van der Waals surface area (Å²) in [5.74, 6) is 1.68. The van der Waals surface area contributed by atoms with E-state index in [0.717, 1.165) is 19.4 Å². The lowest BCUT2D eigenvalue weighted by atomic mass is 9.69. The van der Waals surface area contributed by atoms with E-state index in [9.17, 15) is 4.79 Å². The Morgan fingerprint density at radius 1 is 1.50 bits per heavy atom. The molecule has 0 N–H and O–H groups in total. The molecule has 0 amide bonds. The standard InChI is InChI=1S/C10H12O2/c11-9-4-6-5-12-10-7(6)2-1-3-8(9)10/h1,3,6-8,10H,2,4-5H2. The molecular formula is C10H12O2. The normalized spacial score (nSPS) is 49.8. The van der Waals surface area contributed by atoms with Gasteiger partial charge in [-0.15, -0.1) is 0 Å². The first-order chi connectivity index (χ1) is 5.86. The van der Waals surface area contributed by atoms with Crippen molar-refractivity contribution < 1.29 is 9.53 Å². The smallest absolute Gasteiger partial charge is 0.142 e. The van der Waals surface area contributed by atoms with Crippen LogP contribution in [0, 0.1) is 17.8 Å². The zero-order valence-electron chi connectivity index (χ0n) is 6.90. The topological polar surface area (TPSA) is 26.3 Å². The molecule has 0 aromatic carbocycles. The third-order valence-corrected chi connectivity index (χ3v) is 3.47. The van der Waals surface area contributed by atoms with Gasteiger partial charge in [0.2, 0.25) is 0 Å². The van der Waals surface area contributed by atoms with Crippen LogP contribution < -0.4 is 0 Å². The minimum atomic E-state index is 0.0995. The summed E-state index contributed by atoms with van der Waals surface area (Å²) in [6.07, 6.45) is 6.33. The first kappa shape index (κ1) is 6.84. The second kappa shape index (κ2) is 2.19. The number of ketones is 1. The molecule has 64 valence electrons.